The lowest BCUT2D eigenvalue weighted by molar-refractivity contribution is -0.163. The first-order valence-corrected chi connectivity index (χ1v) is 10.2. The minimum absolute atomic E-state index is 0.138. The Kier molecular flexibility index (Phi) is 7.09. The molecule has 0 radical (unpaired) electrons. The van der Waals surface area contributed by atoms with E-state index in [-0.39, 0.29) is 36.9 Å². The molecule has 4 nitrogen and oxygen atoms in total. The van der Waals surface area contributed by atoms with Gasteiger partial charge in [-0.05, 0) is 29.8 Å². The quantitative estimate of drug-likeness (QED) is 0.368. The Morgan fingerprint density at radius 2 is 1.56 bits per heavy atom. The van der Waals surface area contributed by atoms with Gasteiger partial charge in [0, 0.05) is 34.6 Å². The summed E-state index contributed by atoms with van der Waals surface area (Å²) in [6.07, 6.45) is -9.00. The van der Waals surface area contributed by atoms with Crippen LogP contribution in [0.25, 0.3) is 6.08 Å². The van der Waals surface area contributed by atoms with Crippen LogP contribution in [0, 0.1) is 0 Å². The van der Waals surface area contributed by atoms with Gasteiger partial charge in [-0.25, -0.2) is 0 Å². The number of benzene rings is 2. The van der Waals surface area contributed by atoms with Crippen molar-refractivity contribution in [2.75, 3.05) is 32.0 Å². The molecular formula is C21H18F6N2O2S. The van der Waals surface area contributed by atoms with E-state index in [4.69, 9.17) is 10.5 Å². The van der Waals surface area contributed by atoms with Gasteiger partial charge in [0.15, 0.2) is 0 Å². The van der Waals surface area contributed by atoms with E-state index in [0.717, 1.165) is 24.3 Å². The van der Waals surface area contributed by atoms with Crippen LogP contribution in [0.4, 0.5) is 32.0 Å². The number of nitrogens with two attached hydrogens (primary N) is 1. The number of carbonyl (C=O) groups excluding carboxylic acids is 1. The van der Waals surface area contributed by atoms with Crippen molar-refractivity contribution in [2.45, 2.75) is 22.1 Å². The minimum atomic E-state index is -5.31. The number of hydrogen-bond donors (Lipinski definition) is 1. The third-order valence-electron chi connectivity index (χ3n) is 4.63. The molecule has 3 rings (SSSR count). The molecule has 172 valence electrons. The molecule has 1 amide bonds. The number of amides is 1. The van der Waals surface area contributed by atoms with Crippen molar-refractivity contribution in [3.63, 3.8) is 0 Å². The lowest BCUT2D eigenvalue weighted by Gasteiger charge is -2.25. The average Bonchev–Trinajstić information content (AvgIpc) is 2.73. The van der Waals surface area contributed by atoms with E-state index in [1.165, 1.54) is 23.1 Å². The summed E-state index contributed by atoms with van der Waals surface area (Å²) in [5, 5.41) is 0. The molecule has 1 aliphatic heterocycles. The van der Waals surface area contributed by atoms with E-state index in [0.29, 0.717) is 11.8 Å². The highest BCUT2D eigenvalue weighted by molar-refractivity contribution is 7.99. The van der Waals surface area contributed by atoms with Crippen molar-refractivity contribution in [1.29, 1.82) is 0 Å². The van der Waals surface area contributed by atoms with E-state index in [1.54, 1.807) is 6.07 Å². The van der Waals surface area contributed by atoms with Crippen LogP contribution in [0.5, 0.6) is 0 Å². The lowest BCUT2D eigenvalue weighted by atomic mass is 9.99. The summed E-state index contributed by atoms with van der Waals surface area (Å²) in [7, 11) is 0. The number of para-hydroxylation sites is 1. The van der Waals surface area contributed by atoms with Crippen molar-refractivity contribution in [3.05, 3.63) is 59.2 Å². The molecule has 2 aromatic carbocycles. The molecule has 2 N–H and O–H groups in total. The third kappa shape index (κ3) is 5.57. The Morgan fingerprint density at radius 3 is 2.16 bits per heavy atom. The number of morpholine rings is 1. The van der Waals surface area contributed by atoms with Gasteiger partial charge in [-0.3, -0.25) is 4.79 Å². The van der Waals surface area contributed by atoms with Crippen molar-refractivity contribution in [2.24, 2.45) is 0 Å². The van der Waals surface area contributed by atoms with Crippen LogP contribution in [-0.2, 0) is 21.9 Å². The summed E-state index contributed by atoms with van der Waals surface area (Å²) in [4.78, 5) is 13.1. The fraction of sp³-hybridized carbons (Fsp3) is 0.286. The van der Waals surface area contributed by atoms with Crippen molar-refractivity contribution in [1.82, 2.24) is 4.90 Å². The summed E-state index contributed by atoms with van der Waals surface area (Å²) in [6, 6.07) is 7.81. The van der Waals surface area contributed by atoms with Gasteiger partial charge in [-0.2, -0.15) is 26.3 Å². The highest BCUT2D eigenvalue weighted by Gasteiger charge is 2.46. The maximum absolute atomic E-state index is 13.9. The zero-order chi connectivity index (χ0) is 23.5. The normalized spacial score (nSPS) is 15.4. The Bertz CT molecular complexity index is 1010. The Balaban J connectivity index is 2.07. The lowest BCUT2D eigenvalue weighted by Crippen LogP contribution is -2.39. The van der Waals surface area contributed by atoms with Crippen LogP contribution in [0.15, 0.2) is 52.3 Å². The standard InChI is InChI=1S/C21H18F6N2O2S/c22-20(23,24)18-13(6-8-17(30)29-9-11-31-12-10-29)5-7-16(19(18)21(25,26)27)32-15-4-2-1-3-14(15)28/h1-8H,9-12,28H2. The highest BCUT2D eigenvalue weighted by atomic mass is 32.2. The summed E-state index contributed by atoms with van der Waals surface area (Å²) in [6.45, 7) is 1.05. The van der Waals surface area contributed by atoms with Gasteiger partial charge in [0.05, 0.1) is 24.3 Å². The second-order valence-electron chi connectivity index (χ2n) is 6.81. The predicted octanol–water partition coefficient (Wildman–Crippen LogP) is 5.33. The fourth-order valence-corrected chi connectivity index (χ4v) is 4.18. The molecule has 0 aliphatic carbocycles. The molecule has 0 unspecified atom stereocenters. The van der Waals surface area contributed by atoms with E-state index < -0.39 is 39.8 Å². The zero-order valence-electron chi connectivity index (χ0n) is 16.5. The summed E-state index contributed by atoms with van der Waals surface area (Å²) >= 11 is 0.496. The van der Waals surface area contributed by atoms with Crippen LogP contribution < -0.4 is 5.73 Å². The van der Waals surface area contributed by atoms with E-state index in [2.05, 4.69) is 0 Å². The smallest absolute Gasteiger partial charge is 0.398 e. The van der Waals surface area contributed by atoms with E-state index in [1.807, 2.05) is 0 Å². The van der Waals surface area contributed by atoms with Crippen LogP contribution in [0.3, 0.4) is 0 Å². The molecule has 32 heavy (non-hydrogen) atoms. The number of ether oxygens (including phenoxy) is 1. The fourth-order valence-electron chi connectivity index (χ4n) is 3.15. The Morgan fingerprint density at radius 1 is 0.938 bits per heavy atom. The van der Waals surface area contributed by atoms with Gasteiger partial charge in [0.2, 0.25) is 5.91 Å². The van der Waals surface area contributed by atoms with E-state index in [9.17, 15) is 31.1 Å². The van der Waals surface area contributed by atoms with Crippen LogP contribution in [-0.4, -0.2) is 37.1 Å². The molecule has 0 bridgehead atoms. The molecular weight excluding hydrogens is 458 g/mol. The van der Waals surface area contributed by atoms with Crippen molar-refractivity contribution in [3.8, 4) is 0 Å². The molecule has 0 aromatic heterocycles. The molecule has 0 atom stereocenters. The second kappa shape index (κ2) is 9.45. The number of anilines is 1. The second-order valence-corrected chi connectivity index (χ2v) is 7.89. The average molecular weight is 476 g/mol. The van der Waals surface area contributed by atoms with Crippen LogP contribution in [0.2, 0.25) is 0 Å². The SMILES string of the molecule is Nc1ccccc1Sc1ccc(C=CC(=O)N2CCOCC2)c(C(F)(F)F)c1C(F)(F)F. The maximum Gasteiger partial charge on any atom is 0.418 e. The van der Waals surface area contributed by atoms with Gasteiger partial charge >= 0.3 is 12.4 Å². The number of halogens is 6. The molecule has 1 heterocycles. The first-order chi connectivity index (χ1) is 15.0. The predicted molar refractivity (Wildman–Crippen MR) is 108 cm³/mol. The first kappa shape index (κ1) is 24.0. The van der Waals surface area contributed by atoms with Crippen molar-refractivity contribution >= 4 is 29.4 Å². The number of hydrogen-bond acceptors (Lipinski definition) is 4. The number of alkyl halides is 6. The zero-order valence-corrected chi connectivity index (χ0v) is 17.3. The summed E-state index contributed by atoms with van der Waals surface area (Å²) < 4.78 is 88.2. The minimum Gasteiger partial charge on any atom is -0.398 e. The first-order valence-electron chi connectivity index (χ1n) is 9.37. The molecule has 11 heteroatoms. The topological polar surface area (TPSA) is 55.6 Å². The maximum atomic E-state index is 13.9. The van der Waals surface area contributed by atoms with Crippen LogP contribution >= 0.6 is 11.8 Å². The number of carbonyl (C=O) groups is 1. The third-order valence-corrected chi connectivity index (χ3v) is 5.79. The monoisotopic (exact) mass is 476 g/mol. The van der Waals surface area contributed by atoms with Gasteiger partial charge in [-0.15, -0.1) is 0 Å². The van der Waals surface area contributed by atoms with Crippen LogP contribution in [0.1, 0.15) is 16.7 Å². The van der Waals surface area contributed by atoms with Gasteiger partial charge in [-0.1, -0.05) is 30.0 Å². The molecule has 1 fully saturated rings. The molecule has 0 saturated carbocycles. The molecule has 1 saturated heterocycles. The van der Waals surface area contributed by atoms with Gasteiger partial charge in [0.25, 0.3) is 0 Å². The largest absolute Gasteiger partial charge is 0.418 e. The van der Waals surface area contributed by atoms with Gasteiger partial charge < -0.3 is 15.4 Å². The Labute approximate surface area is 184 Å². The number of rotatable bonds is 4. The van der Waals surface area contributed by atoms with E-state index >= 15 is 0 Å². The molecule has 2 aromatic rings. The summed E-state index contributed by atoms with van der Waals surface area (Å²) in [5.41, 5.74) is 1.46. The Hall–Kier alpha value is -2.66. The number of nitrogens with zero attached hydrogens (tertiary/aromatic N) is 1. The van der Waals surface area contributed by atoms with Gasteiger partial charge in [0.1, 0.15) is 0 Å². The molecule has 1 aliphatic rings. The number of nitrogen functional groups attached to an aromatic ring is 1. The van der Waals surface area contributed by atoms with Crippen molar-refractivity contribution < 1.29 is 35.9 Å². The molecule has 0 spiro atoms. The summed E-state index contributed by atoms with van der Waals surface area (Å²) in [5.74, 6) is -0.606. The highest BCUT2D eigenvalue weighted by Crippen LogP contribution is 2.48.